The van der Waals surface area contributed by atoms with Crippen LogP contribution in [0, 0.1) is 0 Å². The van der Waals surface area contributed by atoms with E-state index in [0.29, 0.717) is 0 Å². The minimum atomic E-state index is -0.0112. The molecule has 0 aliphatic heterocycles. The second kappa shape index (κ2) is 11.0. The molecule has 2 aromatic heterocycles. The topological polar surface area (TPSA) is 26.3 Å². The third kappa shape index (κ3) is 4.19. The van der Waals surface area contributed by atoms with Crippen molar-refractivity contribution in [2.45, 2.75) is 19.3 Å². The number of furan rings is 2. The summed E-state index contributed by atoms with van der Waals surface area (Å²) in [6.07, 6.45) is 0. The minimum Gasteiger partial charge on any atom is -0.456 e. The van der Waals surface area contributed by atoms with Crippen LogP contribution in [-0.2, 0) is 5.41 Å². The molecule has 0 amide bonds. The average molecular weight is 727 g/mol. The maximum atomic E-state index is 6.91. The van der Waals surface area contributed by atoms with Crippen molar-refractivity contribution in [3.05, 3.63) is 181 Å². The highest BCUT2D eigenvalue weighted by Gasteiger charge is 2.35. The zero-order chi connectivity index (χ0) is 37.6. The lowest BCUT2D eigenvalue weighted by Crippen LogP contribution is -2.14. The fraction of sp³-hybridized carbons (Fsp3) is 0.0545. The third-order valence-electron chi connectivity index (χ3n) is 13.0. The van der Waals surface area contributed by atoms with Gasteiger partial charge < -0.3 is 8.83 Å². The van der Waals surface area contributed by atoms with Crippen LogP contribution in [0.4, 0.5) is 0 Å². The summed E-state index contributed by atoms with van der Waals surface area (Å²) < 4.78 is 13.3. The van der Waals surface area contributed by atoms with Gasteiger partial charge in [0.25, 0.3) is 0 Å². The Morgan fingerprint density at radius 1 is 0.333 bits per heavy atom. The first-order valence-electron chi connectivity index (χ1n) is 19.8. The van der Waals surface area contributed by atoms with E-state index in [0.717, 1.165) is 60.2 Å². The molecule has 0 radical (unpaired) electrons. The first kappa shape index (κ1) is 31.1. The van der Waals surface area contributed by atoms with Crippen molar-refractivity contribution in [2.24, 2.45) is 0 Å². The van der Waals surface area contributed by atoms with E-state index in [1.807, 2.05) is 0 Å². The molecule has 2 heterocycles. The van der Waals surface area contributed by atoms with Gasteiger partial charge in [0.15, 0.2) is 0 Å². The number of fused-ring (bicyclic) bond motifs is 18. The van der Waals surface area contributed by atoms with Crippen LogP contribution in [0.2, 0.25) is 0 Å². The minimum absolute atomic E-state index is 0.0112. The highest BCUT2D eigenvalue weighted by molar-refractivity contribution is 6.33. The summed E-state index contributed by atoms with van der Waals surface area (Å²) in [6.45, 7) is 4.67. The monoisotopic (exact) mass is 726 g/mol. The first-order chi connectivity index (χ1) is 28.0. The molecule has 0 spiro atoms. The van der Waals surface area contributed by atoms with E-state index in [4.69, 9.17) is 8.83 Å². The van der Waals surface area contributed by atoms with Gasteiger partial charge in [0.1, 0.15) is 22.3 Å². The van der Waals surface area contributed by atoms with Gasteiger partial charge in [-0.2, -0.15) is 0 Å². The molecule has 0 bridgehead atoms. The van der Waals surface area contributed by atoms with E-state index in [1.54, 1.807) is 0 Å². The smallest absolute Gasteiger partial charge is 0.143 e. The van der Waals surface area contributed by atoms with Crippen LogP contribution in [-0.4, -0.2) is 0 Å². The van der Waals surface area contributed by atoms with Gasteiger partial charge in [-0.05, 0) is 125 Å². The normalized spacial score (nSPS) is 13.6. The van der Waals surface area contributed by atoms with Gasteiger partial charge in [-0.1, -0.05) is 135 Å². The summed E-state index contributed by atoms with van der Waals surface area (Å²) in [5.41, 5.74) is 13.9. The fourth-order valence-electron chi connectivity index (χ4n) is 10.2. The molecule has 266 valence electrons. The Bertz CT molecular complexity index is 3720. The highest BCUT2D eigenvalue weighted by Crippen LogP contribution is 2.50. The van der Waals surface area contributed by atoms with Crippen LogP contribution in [0.3, 0.4) is 0 Å². The van der Waals surface area contributed by atoms with Crippen LogP contribution in [0.25, 0.3) is 120 Å². The SMILES string of the molecule is CC1(C)c2ccccc2-c2cc(-c3ccc4oc5ccc(-c6ccc7c(c6)c6ccccc6c6ccc8c9ccc%10ccccc%10c9oc8c67)cc5c4c3)ccc21. The van der Waals surface area contributed by atoms with Gasteiger partial charge in [0.2, 0.25) is 0 Å². The molecule has 0 atom stereocenters. The molecule has 12 aromatic rings. The van der Waals surface area contributed by atoms with Crippen molar-refractivity contribution < 1.29 is 8.83 Å². The molecule has 57 heavy (non-hydrogen) atoms. The Kier molecular flexibility index (Phi) is 6.00. The highest BCUT2D eigenvalue weighted by atomic mass is 16.3. The van der Waals surface area contributed by atoms with E-state index < -0.39 is 0 Å². The Balaban J connectivity index is 0.986. The van der Waals surface area contributed by atoms with Crippen LogP contribution in [0.15, 0.2) is 179 Å². The van der Waals surface area contributed by atoms with Crippen molar-refractivity contribution >= 4 is 87.0 Å². The second-order valence-electron chi connectivity index (χ2n) is 16.4. The van der Waals surface area contributed by atoms with Crippen molar-refractivity contribution in [3.8, 4) is 33.4 Å². The first-order valence-corrected chi connectivity index (χ1v) is 19.8. The molecule has 10 aromatic carbocycles. The van der Waals surface area contributed by atoms with Gasteiger partial charge in [-0.3, -0.25) is 0 Å². The Labute approximate surface area is 328 Å². The zero-order valence-electron chi connectivity index (χ0n) is 31.5. The molecule has 0 unspecified atom stereocenters. The number of hydrogen-bond donors (Lipinski definition) is 0. The maximum absolute atomic E-state index is 6.91. The predicted molar refractivity (Wildman–Crippen MR) is 239 cm³/mol. The van der Waals surface area contributed by atoms with Crippen molar-refractivity contribution in [1.82, 2.24) is 0 Å². The standard InChI is InChI=1S/C55H34O2/c1-55(2)48-14-8-7-13-39(48)45-28-33(17-24-49(45)55)35-19-26-51-47(30-35)46-29-34(18-25-50(46)56-51)32-16-20-41-44(27-32)38-12-6-5-11-37(38)40-22-23-43-42-21-15-31-9-3-4-10-36(31)53(42)57-54(43)52(40)41/h3-30H,1-2H3. The number of rotatable bonds is 2. The lowest BCUT2D eigenvalue weighted by molar-refractivity contribution is 0.660. The molecule has 0 saturated heterocycles. The van der Waals surface area contributed by atoms with Gasteiger partial charge in [-0.15, -0.1) is 0 Å². The number of benzene rings is 10. The average Bonchev–Trinajstić information content (AvgIpc) is 3.90. The fourth-order valence-corrected chi connectivity index (χ4v) is 10.2. The molecule has 0 fully saturated rings. The molecule has 1 aliphatic rings. The van der Waals surface area contributed by atoms with E-state index >= 15 is 0 Å². The van der Waals surface area contributed by atoms with Gasteiger partial charge in [-0.25, -0.2) is 0 Å². The third-order valence-corrected chi connectivity index (χ3v) is 13.0. The lowest BCUT2D eigenvalue weighted by atomic mass is 9.82. The second-order valence-corrected chi connectivity index (χ2v) is 16.4. The summed E-state index contributed by atoms with van der Waals surface area (Å²) >= 11 is 0. The quantitative estimate of drug-likeness (QED) is 0.166. The van der Waals surface area contributed by atoms with Crippen molar-refractivity contribution in [1.29, 1.82) is 0 Å². The van der Waals surface area contributed by atoms with Crippen LogP contribution < -0.4 is 0 Å². The van der Waals surface area contributed by atoms with E-state index in [-0.39, 0.29) is 5.41 Å². The molecular weight excluding hydrogens is 693 g/mol. The van der Waals surface area contributed by atoms with Crippen LogP contribution in [0.5, 0.6) is 0 Å². The van der Waals surface area contributed by atoms with Crippen LogP contribution in [0.1, 0.15) is 25.0 Å². The van der Waals surface area contributed by atoms with Crippen molar-refractivity contribution in [3.63, 3.8) is 0 Å². The van der Waals surface area contributed by atoms with Gasteiger partial charge in [0.05, 0.1) is 0 Å². The Hall–Kier alpha value is -7.16. The largest absolute Gasteiger partial charge is 0.456 e. The van der Waals surface area contributed by atoms with E-state index in [2.05, 4.69) is 184 Å². The molecule has 2 nitrogen and oxygen atoms in total. The van der Waals surface area contributed by atoms with Crippen molar-refractivity contribution in [2.75, 3.05) is 0 Å². The van der Waals surface area contributed by atoms with Crippen LogP contribution >= 0.6 is 0 Å². The summed E-state index contributed by atoms with van der Waals surface area (Å²) in [5.74, 6) is 0. The molecule has 0 N–H and O–H groups in total. The summed E-state index contributed by atoms with van der Waals surface area (Å²) in [6, 6.07) is 62.2. The van der Waals surface area contributed by atoms with Gasteiger partial charge >= 0.3 is 0 Å². The summed E-state index contributed by atoms with van der Waals surface area (Å²) in [4.78, 5) is 0. The molecule has 1 aliphatic carbocycles. The molecular formula is C55H34O2. The van der Waals surface area contributed by atoms with Gasteiger partial charge in [0, 0.05) is 37.7 Å². The zero-order valence-corrected chi connectivity index (χ0v) is 31.5. The maximum Gasteiger partial charge on any atom is 0.143 e. The summed E-state index contributed by atoms with van der Waals surface area (Å²) in [7, 11) is 0. The summed E-state index contributed by atoms with van der Waals surface area (Å²) in [5, 5.41) is 14.1. The van der Waals surface area contributed by atoms with E-state index in [1.165, 1.54) is 71.3 Å². The Morgan fingerprint density at radius 3 is 1.65 bits per heavy atom. The predicted octanol–water partition coefficient (Wildman–Crippen LogP) is 15.7. The lowest BCUT2D eigenvalue weighted by Gasteiger charge is -2.21. The number of hydrogen-bond acceptors (Lipinski definition) is 2. The van der Waals surface area contributed by atoms with E-state index in [9.17, 15) is 0 Å². The molecule has 0 saturated carbocycles. The molecule has 2 heteroatoms. The Morgan fingerprint density at radius 2 is 0.860 bits per heavy atom. The molecule has 13 rings (SSSR count).